The molecule has 1 spiro atoms. The molecular formula is C18H31N3OS. The summed E-state index contributed by atoms with van der Waals surface area (Å²) in [5.41, 5.74) is 0.683. The van der Waals surface area contributed by atoms with Gasteiger partial charge < -0.3 is 10.2 Å². The van der Waals surface area contributed by atoms with Crippen molar-refractivity contribution in [3.05, 3.63) is 0 Å². The number of piperidine rings is 1. The third-order valence-electron chi connectivity index (χ3n) is 6.76. The van der Waals surface area contributed by atoms with E-state index in [1.807, 2.05) is 16.7 Å². The Bertz CT molecular complexity index is 422. The highest BCUT2D eigenvalue weighted by molar-refractivity contribution is 7.99. The van der Waals surface area contributed by atoms with Gasteiger partial charge in [-0.15, -0.1) is 11.8 Å². The summed E-state index contributed by atoms with van der Waals surface area (Å²) in [7, 11) is 0. The van der Waals surface area contributed by atoms with Crippen molar-refractivity contribution >= 4 is 17.7 Å². The van der Waals surface area contributed by atoms with E-state index in [2.05, 4.69) is 10.2 Å². The topological polar surface area (TPSA) is 35.6 Å². The molecule has 130 valence electrons. The first-order chi connectivity index (χ1) is 11.3. The zero-order valence-electron chi connectivity index (χ0n) is 14.3. The van der Waals surface area contributed by atoms with Crippen molar-refractivity contribution < 1.29 is 4.79 Å². The third-order valence-corrected chi connectivity index (χ3v) is 7.72. The van der Waals surface area contributed by atoms with E-state index < -0.39 is 0 Å². The van der Waals surface area contributed by atoms with Crippen molar-refractivity contribution in [1.29, 1.82) is 0 Å². The van der Waals surface area contributed by atoms with Gasteiger partial charge in [0.2, 0.25) is 5.91 Å². The van der Waals surface area contributed by atoms with Crippen LogP contribution in [0.4, 0.5) is 0 Å². The molecule has 0 aromatic heterocycles. The van der Waals surface area contributed by atoms with Gasteiger partial charge in [-0.2, -0.15) is 0 Å². The van der Waals surface area contributed by atoms with Crippen LogP contribution >= 0.6 is 11.8 Å². The molecule has 1 amide bonds. The van der Waals surface area contributed by atoms with Crippen molar-refractivity contribution in [2.24, 2.45) is 5.41 Å². The number of thioether (sulfide) groups is 1. The zero-order valence-corrected chi connectivity index (χ0v) is 15.1. The Morgan fingerprint density at radius 3 is 2.52 bits per heavy atom. The monoisotopic (exact) mass is 337 g/mol. The maximum Gasteiger partial charge on any atom is 0.240 e. The van der Waals surface area contributed by atoms with Gasteiger partial charge in [0.25, 0.3) is 0 Å². The van der Waals surface area contributed by atoms with Crippen LogP contribution in [0, 0.1) is 5.41 Å². The fourth-order valence-electron chi connectivity index (χ4n) is 5.16. The maximum absolute atomic E-state index is 12.5. The maximum atomic E-state index is 12.5. The average Bonchev–Trinajstić information content (AvgIpc) is 3.28. The first kappa shape index (κ1) is 16.2. The molecular weight excluding hydrogens is 306 g/mol. The van der Waals surface area contributed by atoms with Gasteiger partial charge in [0.1, 0.15) is 0 Å². The second-order valence-electron chi connectivity index (χ2n) is 8.09. The quantitative estimate of drug-likeness (QED) is 0.839. The summed E-state index contributed by atoms with van der Waals surface area (Å²) in [6.45, 7) is 4.46. The van der Waals surface area contributed by atoms with E-state index in [0.29, 0.717) is 17.4 Å². The normalized spacial score (nSPS) is 35.0. The molecule has 1 N–H and O–H groups in total. The summed E-state index contributed by atoms with van der Waals surface area (Å²) in [6, 6.07) is 0.657. The number of amides is 1. The Labute approximate surface area is 144 Å². The molecule has 5 heteroatoms. The Hall–Kier alpha value is -0.260. The molecule has 1 saturated carbocycles. The van der Waals surface area contributed by atoms with Gasteiger partial charge in [0.05, 0.1) is 11.9 Å². The molecule has 4 aliphatic rings. The number of hydrogen-bond acceptors (Lipinski definition) is 4. The Balaban J connectivity index is 1.28. The van der Waals surface area contributed by atoms with Crippen LogP contribution < -0.4 is 5.32 Å². The first-order valence-corrected chi connectivity index (χ1v) is 10.8. The molecule has 0 aromatic rings. The third kappa shape index (κ3) is 3.42. The molecule has 0 aromatic carbocycles. The number of hydrogen-bond donors (Lipinski definition) is 1. The first-order valence-electron chi connectivity index (χ1n) is 9.60. The van der Waals surface area contributed by atoms with Gasteiger partial charge in [-0.05, 0) is 50.6 Å². The molecule has 23 heavy (non-hydrogen) atoms. The molecule has 3 saturated heterocycles. The van der Waals surface area contributed by atoms with Crippen molar-refractivity contribution in [3.63, 3.8) is 0 Å². The molecule has 1 aliphatic carbocycles. The van der Waals surface area contributed by atoms with Crippen molar-refractivity contribution in [2.45, 2.75) is 63.5 Å². The van der Waals surface area contributed by atoms with E-state index in [0.717, 1.165) is 31.1 Å². The number of carbonyl (C=O) groups is 1. The number of nitrogens with zero attached hydrogens (tertiary/aromatic N) is 2. The molecule has 0 bridgehead atoms. The molecule has 4 fully saturated rings. The van der Waals surface area contributed by atoms with Crippen molar-refractivity contribution in [3.8, 4) is 0 Å². The predicted molar refractivity (Wildman–Crippen MR) is 95.6 cm³/mol. The number of likely N-dealkylation sites (tertiary alicyclic amines) is 1. The summed E-state index contributed by atoms with van der Waals surface area (Å²) in [4.78, 5) is 17.3. The largest absolute Gasteiger partial charge is 0.331 e. The van der Waals surface area contributed by atoms with Crippen LogP contribution in [-0.4, -0.2) is 65.6 Å². The lowest BCUT2D eigenvalue weighted by molar-refractivity contribution is -0.131. The summed E-state index contributed by atoms with van der Waals surface area (Å²) < 4.78 is 0. The summed E-state index contributed by atoms with van der Waals surface area (Å²) in [5, 5.41) is 3.51. The molecule has 0 radical (unpaired) electrons. The number of rotatable bonds is 2. The van der Waals surface area contributed by atoms with Crippen molar-refractivity contribution in [2.75, 3.05) is 37.8 Å². The van der Waals surface area contributed by atoms with E-state index in [9.17, 15) is 4.79 Å². The lowest BCUT2D eigenvalue weighted by atomic mass is 9.68. The highest BCUT2D eigenvalue weighted by atomic mass is 32.2. The molecule has 0 unspecified atom stereocenters. The average molecular weight is 338 g/mol. The highest BCUT2D eigenvalue weighted by Gasteiger charge is 2.40. The van der Waals surface area contributed by atoms with Gasteiger partial charge in [-0.1, -0.05) is 19.3 Å². The van der Waals surface area contributed by atoms with Crippen LogP contribution in [0.25, 0.3) is 0 Å². The van der Waals surface area contributed by atoms with E-state index in [1.54, 1.807) is 0 Å². The number of carbonyl (C=O) groups excluding carboxylic acids is 1. The van der Waals surface area contributed by atoms with Gasteiger partial charge >= 0.3 is 0 Å². The second-order valence-corrected chi connectivity index (χ2v) is 9.16. The van der Waals surface area contributed by atoms with E-state index in [-0.39, 0.29) is 6.04 Å². The van der Waals surface area contributed by atoms with Gasteiger partial charge in [-0.25, -0.2) is 0 Å². The highest BCUT2D eigenvalue weighted by Crippen LogP contribution is 2.45. The molecule has 2 atom stereocenters. The Morgan fingerprint density at radius 2 is 1.83 bits per heavy atom. The van der Waals surface area contributed by atoms with Crippen LogP contribution in [0.5, 0.6) is 0 Å². The lowest BCUT2D eigenvalue weighted by Crippen LogP contribution is -2.46. The van der Waals surface area contributed by atoms with Crippen LogP contribution in [0.15, 0.2) is 0 Å². The van der Waals surface area contributed by atoms with Crippen molar-refractivity contribution in [1.82, 2.24) is 15.1 Å². The van der Waals surface area contributed by atoms with E-state index in [4.69, 9.17) is 0 Å². The smallest absolute Gasteiger partial charge is 0.240 e. The minimum atomic E-state index is 0.0734. The minimum absolute atomic E-state index is 0.0734. The molecule has 3 aliphatic heterocycles. The summed E-state index contributed by atoms with van der Waals surface area (Å²) in [6.07, 6.45) is 11.1. The standard InChI is InChI=1S/C18H31N3OS/c22-17(21-10-11-23-14-21)16-12-15(13-19-16)20-8-6-18(7-9-20)4-2-1-3-5-18/h15-16,19H,1-14H2/t15-,16-/m0/s1. The van der Waals surface area contributed by atoms with Gasteiger partial charge in [-0.3, -0.25) is 9.69 Å². The number of nitrogens with one attached hydrogen (secondary N) is 1. The predicted octanol–water partition coefficient (Wildman–Crippen LogP) is 2.30. The van der Waals surface area contributed by atoms with Gasteiger partial charge in [0, 0.05) is 24.9 Å². The molecule has 3 heterocycles. The van der Waals surface area contributed by atoms with Crippen LogP contribution in [-0.2, 0) is 4.79 Å². The Kier molecular flexibility index (Phi) is 4.89. The van der Waals surface area contributed by atoms with E-state index in [1.165, 1.54) is 58.0 Å². The fraction of sp³-hybridized carbons (Fsp3) is 0.944. The van der Waals surface area contributed by atoms with Crippen LogP contribution in [0.1, 0.15) is 51.4 Å². The molecule has 4 nitrogen and oxygen atoms in total. The molecule has 4 rings (SSSR count). The van der Waals surface area contributed by atoms with Crippen LogP contribution in [0.3, 0.4) is 0 Å². The van der Waals surface area contributed by atoms with Crippen LogP contribution in [0.2, 0.25) is 0 Å². The summed E-state index contributed by atoms with van der Waals surface area (Å²) in [5.74, 6) is 2.35. The second kappa shape index (κ2) is 6.93. The lowest BCUT2D eigenvalue weighted by Gasteiger charge is -2.46. The Morgan fingerprint density at radius 1 is 1.04 bits per heavy atom. The minimum Gasteiger partial charge on any atom is -0.331 e. The van der Waals surface area contributed by atoms with Gasteiger partial charge in [0.15, 0.2) is 0 Å². The van der Waals surface area contributed by atoms with E-state index >= 15 is 0 Å². The zero-order chi connectivity index (χ0) is 15.7. The SMILES string of the molecule is O=C([C@@H]1C[C@H](N2CCC3(CCCCC3)CC2)CN1)N1CCSC1. The fourth-order valence-corrected chi connectivity index (χ4v) is 6.11. The summed E-state index contributed by atoms with van der Waals surface area (Å²) >= 11 is 1.88.